The predicted molar refractivity (Wildman–Crippen MR) is 105 cm³/mol. The molecule has 0 spiro atoms. The van der Waals surface area contributed by atoms with Gasteiger partial charge in [0.15, 0.2) is 5.82 Å². The van der Waals surface area contributed by atoms with E-state index >= 15 is 0 Å². The number of hydrogen-bond donors (Lipinski definition) is 0. The van der Waals surface area contributed by atoms with Gasteiger partial charge in [-0.05, 0) is 12.1 Å². The van der Waals surface area contributed by atoms with E-state index in [9.17, 15) is 0 Å². The molecule has 0 atom stereocenters. The molecule has 2 aromatic carbocycles. The molecule has 3 aromatic rings. The third kappa shape index (κ3) is 2.81. The minimum Gasteiger partial charge on any atom is -0.378 e. The average molecular weight is 380 g/mol. The van der Waals surface area contributed by atoms with E-state index in [4.69, 9.17) is 21.3 Å². The molecule has 1 aromatic heterocycles. The van der Waals surface area contributed by atoms with Crippen LogP contribution in [0.4, 0.5) is 5.95 Å². The van der Waals surface area contributed by atoms with Crippen molar-refractivity contribution in [3.8, 4) is 5.69 Å². The van der Waals surface area contributed by atoms with Crippen LogP contribution in [-0.4, -0.2) is 46.8 Å². The second-order valence-electron chi connectivity index (χ2n) is 6.51. The Morgan fingerprint density at radius 2 is 1.63 bits per heavy atom. The lowest BCUT2D eigenvalue weighted by Gasteiger charge is -2.28. The molecule has 0 bridgehead atoms. The number of halogens is 1. The molecule has 27 heavy (non-hydrogen) atoms. The van der Waals surface area contributed by atoms with E-state index in [1.54, 1.807) is 0 Å². The standard InChI is InChI=1S/C20H18ClN5O/c21-16-7-3-1-5-14(16)19-15-6-2-4-8-17(15)26-18(13-22-19)23-24-20(26)25-9-11-27-12-10-25/h1-8H,9-13H2. The van der Waals surface area contributed by atoms with Crippen LogP contribution in [0.25, 0.3) is 5.69 Å². The highest BCUT2D eigenvalue weighted by atomic mass is 35.5. The molecule has 1 fully saturated rings. The summed E-state index contributed by atoms with van der Waals surface area (Å²) in [7, 11) is 0. The third-order valence-electron chi connectivity index (χ3n) is 4.91. The van der Waals surface area contributed by atoms with Crippen LogP contribution in [0.1, 0.15) is 17.0 Å². The Kier molecular flexibility index (Phi) is 4.14. The van der Waals surface area contributed by atoms with Gasteiger partial charge in [0.1, 0.15) is 6.54 Å². The topological polar surface area (TPSA) is 55.5 Å². The lowest BCUT2D eigenvalue weighted by atomic mass is 10.0. The van der Waals surface area contributed by atoms with Gasteiger partial charge >= 0.3 is 0 Å². The highest BCUT2D eigenvalue weighted by Gasteiger charge is 2.26. The van der Waals surface area contributed by atoms with Crippen LogP contribution in [0, 0.1) is 0 Å². The van der Waals surface area contributed by atoms with Crippen molar-refractivity contribution in [2.24, 2.45) is 4.99 Å². The Morgan fingerprint density at radius 3 is 2.44 bits per heavy atom. The molecule has 0 saturated carbocycles. The zero-order valence-corrected chi connectivity index (χ0v) is 15.4. The zero-order chi connectivity index (χ0) is 18.2. The number of benzene rings is 2. The van der Waals surface area contributed by atoms with Crippen LogP contribution >= 0.6 is 11.6 Å². The number of hydrogen-bond acceptors (Lipinski definition) is 5. The van der Waals surface area contributed by atoms with Gasteiger partial charge in [0.05, 0.1) is 24.6 Å². The lowest BCUT2D eigenvalue weighted by Crippen LogP contribution is -2.38. The van der Waals surface area contributed by atoms with E-state index in [-0.39, 0.29) is 0 Å². The van der Waals surface area contributed by atoms with Crippen molar-refractivity contribution in [2.75, 3.05) is 31.2 Å². The Hall–Kier alpha value is -2.70. The summed E-state index contributed by atoms with van der Waals surface area (Å²) in [6, 6.07) is 16.0. The van der Waals surface area contributed by atoms with E-state index in [0.29, 0.717) is 24.8 Å². The second-order valence-corrected chi connectivity index (χ2v) is 6.92. The molecular weight excluding hydrogens is 362 g/mol. The van der Waals surface area contributed by atoms with E-state index in [2.05, 4.69) is 31.8 Å². The summed E-state index contributed by atoms with van der Waals surface area (Å²) in [6.07, 6.45) is 0. The van der Waals surface area contributed by atoms with E-state index < -0.39 is 0 Å². The molecule has 1 saturated heterocycles. The molecule has 5 rings (SSSR count). The quantitative estimate of drug-likeness (QED) is 0.686. The van der Waals surface area contributed by atoms with Crippen molar-refractivity contribution in [2.45, 2.75) is 6.54 Å². The summed E-state index contributed by atoms with van der Waals surface area (Å²) >= 11 is 6.48. The maximum Gasteiger partial charge on any atom is 0.232 e. The smallest absolute Gasteiger partial charge is 0.232 e. The first-order valence-corrected chi connectivity index (χ1v) is 9.37. The molecule has 6 nitrogen and oxygen atoms in total. The van der Waals surface area contributed by atoms with Crippen molar-refractivity contribution >= 4 is 23.3 Å². The van der Waals surface area contributed by atoms with Crippen LogP contribution in [0.2, 0.25) is 5.02 Å². The first-order valence-electron chi connectivity index (χ1n) is 8.99. The number of para-hydroxylation sites is 1. The van der Waals surface area contributed by atoms with Crippen LogP contribution in [0.3, 0.4) is 0 Å². The molecule has 0 N–H and O–H groups in total. The summed E-state index contributed by atoms with van der Waals surface area (Å²) in [4.78, 5) is 7.08. The van der Waals surface area contributed by atoms with Gasteiger partial charge in [0.25, 0.3) is 0 Å². The Bertz CT molecular complexity index is 1020. The molecule has 0 aliphatic carbocycles. The number of nitrogens with zero attached hydrogens (tertiary/aromatic N) is 5. The van der Waals surface area contributed by atoms with Crippen molar-refractivity contribution in [3.63, 3.8) is 0 Å². The first-order chi connectivity index (χ1) is 13.3. The molecule has 0 radical (unpaired) electrons. The molecule has 3 heterocycles. The number of anilines is 1. The number of aliphatic imine (C=N–C) groups is 1. The van der Waals surface area contributed by atoms with Gasteiger partial charge in [0, 0.05) is 29.2 Å². The normalized spacial score (nSPS) is 16.3. The van der Waals surface area contributed by atoms with Gasteiger partial charge < -0.3 is 9.64 Å². The van der Waals surface area contributed by atoms with Crippen LogP contribution in [0.5, 0.6) is 0 Å². The summed E-state index contributed by atoms with van der Waals surface area (Å²) < 4.78 is 7.61. The fourth-order valence-corrected chi connectivity index (χ4v) is 3.84. The van der Waals surface area contributed by atoms with Crippen LogP contribution < -0.4 is 4.90 Å². The van der Waals surface area contributed by atoms with Crippen molar-refractivity contribution in [1.29, 1.82) is 0 Å². The molecular formula is C20H18ClN5O. The first kappa shape index (κ1) is 16.5. The Balaban J connectivity index is 1.68. The molecule has 0 amide bonds. The average Bonchev–Trinajstić information content (AvgIpc) is 3.07. The number of morpholine rings is 1. The van der Waals surface area contributed by atoms with Crippen molar-refractivity contribution in [3.05, 3.63) is 70.5 Å². The number of fused-ring (bicyclic) bond motifs is 3. The van der Waals surface area contributed by atoms with E-state index in [0.717, 1.165) is 47.4 Å². The SMILES string of the molecule is Clc1ccccc1C1=NCc2nnc(N3CCOCC3)n2-c2ccccc21. The zero-order valence-electron chi connectivity index (χ0n) is 14.7. The van der Waals surface area contributed by atoms with Gasteiger partial charge in [-0.15, -0.1) is 10.2 Å². The minimum absolute atomic E-state index is 0.451. The molecule has 0 unspecified atom stereocenters. The molecule has 7 heteroatoms. The lowest BCUT2D eigenvalue weighted by molar-refractivity contribution is 0.122. The maximum absolute atomic E-state index is 6.48. The van der Waals surface area contributed by atoms with Gasteiger partial charge in [-0.1, -0.05) is 48.0 Å². The van der Waals surface area contributed by atoms with Crippen LogP contribution in [-0.2, 0) is 11.3 Å². The van der Waals surface area contributed by atoms with Crippen molar-refractivity contribution in [1.82, 2.24) is 14.8 Å². The third-order valence-corrected chi connectivity index (χ3v) is 5.24. The predicted octanol–water partition coefficient (Wildman–Crippen LogP) is 3.11. The Labute approximate surface area is 162 Å². The van der Waals surface area contributed by atoms with Gasteiger partial charge in [-0.2, -0.15) is 0 Å². The molecule has 136 valence electrons. The second kappa shape index (κ2) is 6.79. The largest absolute Gasteiger partial charge is 0.378 e. The highest BCUT2D eigenvalue weighted by molar-refractivity contribution is 6.35. The van der Waals surface area contributed by atoms with Gasteiger partial charge in [-0.3, -0.25) is 9.56 Å². The molecule has 2 aliphatic heterocycles. The Morgan fingerprint density at radius 1 is 0.889 bits per heavy atom. The van der Waals surface area contributed by atoms with Gasteiger partial charge in [-0.25, -0.2) is 0 Å². The summed E-state index contributed by atoms with van der Waals surface area (Å²) in [5, 5.41) is 9.59. The number of aromatic nitrogens is 3. The monoisotopic (exact) mass is 379 g/mol. The molecule has 2 aliphatic rings. The summed E-state index contributed by atoms with van der Waals surface area (Å²) in [5.41, 5.74) is 3.86. The number of rotatable bonds is 2. The number of ether oxygens (including phenoxy) is 1. The summed E-state index contributed by atoms with van der Waals surface area (Å²) in [5.74, 6) is 1.67. The minimum atomic E-state index is 0.451. The summed E-state index contributed by atoms with van der Waals surface area (Å²) in [6.45, 7) is 3.46. The van der Waals surface area contributed by atoms with E-state index in [1.807, 2.05) is 36.4 Å². The maximum atomic E-state index is 6.48. The fourth-order valence-electron chi connectivity index (χ4n) is 3.61. The van der Waals surface area contributed by atoms with Crippen LogP contribution in [0.15, 0.2) is 53.5 Å². The van der Waals surface area contributed by atoms with E-state index in [1.165, 1.54) is 0 Å². The van der Waals surface area contributed by atoms with Crippen molar-refractivity contribution < 1.29 is 4.74 Å². The van der Waals surface area contributed by atoms with Gasteiger partial charge in [0.2, 0.25) is 5.95 Å². The highest BCUT2D eigenvalue weighted by Crippen LogP contribution is 2.30. The fraction of sp³-hybridized carbons (Fsp3) is 0.250.